The summed E-state index contributed by atoms with van der Waals surface area (Å²) in [5.74, 6) is -1.18. The van der Waals surface area contributed by atoms with E-state index in [1.54, 1.807) is 0 Å². The average molecular weight is 339 g/mol. The topological polar surface area (TPSA) is 69.6 Å². The zero-order valence-corrected chi connectivity index (χ0v) is 14.2. The number of hydrogen-bond donors (Lipinski definition) is 2. The van der Waals surface area contributed by atoms with Crippen molar-refractivity contribution in [3.05, 3.63) is 34.9 Å². The van der Waals surface area contributed by atoms with E-state index in [9.17, 15) is 9.59 Å². The summed E-state index contributed by atoms with van der Waals surface area (Å²) in [5, 5.41) is 12.8. The van der Waals surface area contributed by atoms with Gasteiger partial charge in [-0.25, -0.2) is 0 Å². The van der Waals surface area contributed by atoms with Gasteiger partial charge in [-0.1, -0.05) is 37.6 Å². The van der Waals surface area contributed by atoms with Crippen molar-refractivity contribution < 1.29 is 14.7 Å². The van der Waals surface area contributed by atoms with Gasteiger partial charge in [0.25, 0.3) is 0 Å². The molecule has 5 nitrogen and oxygen atoms in total. The first-order valence-corrected chi connectivity index (χ1v) is 8.28. The van der Waals surface area contributed by atoms with Crippen molar-refractivity contribution in [3.63, 3.8) is 0 Å². The quantitative estimate of drug-likeness (QED) is 0.836. The number of halogens is 1. The molecule has 0 saturated carbocycles. The van der Waals surface area contributed by atoms with Gasteiger partial charge in [0, 0.05) is 18.1 Å². The number of nitrogens with one attached hydrogen (secondary N) is 1. The van der Waals surface area contributed by atoms with E-state index in [1.165, 1.54) is 0 Å². The van der Waals surface area contributed by atoms with Gasteiger partial charge in [-0.3, -0.25) is 14.5 Å². The van der Waals surface area contributed by atoms with Gasteiger partial charge in [0.1, 0.15) is 0 Å². The summed E-state index contributed by atoms with van der Waals surface area (Å²) >= 11 is 5.89. The Bertz CT molecular complexity index is 561. The summed E-state index contributed by atoms with van der Waals surface area (Å²) in [6.07, 6.45) is 0.779. The highest BCUT2D eigenvalue weighted by Gasteiger charge is 2.35. The molecule has 0 aromatic heterocycles. The number of carbonyl (C=O) groups excluding carboxylic acids is 1. The fraction of sp³-hybridized carbons (Fsp3) is 0.529. The molecule has 126 valence electrons. The summed E-state index contributed by atoms with van der Waals surface area (Å²) in [5.41, 5.74) is 1.02. The van der Waals surface area contributed by atoms with Crippen LogP contribution >= 0.6 is 11.6 Å². The lowest BCUT2D eigenvalue weighted by molar-refractivity contribution is -0.142. The number of carbonyl (C=O) groups is 2. The van der Waals surface area contributed by atoms with Crippen molar-refractivity contribution in [1.29, 1.82) is 0 Å². The van der Waals surface area contributed by atoms with Crippen molar-refractivity contribution in [2.24, 2.45) is 11.8 Å². The molecule has 1 aliphatic rings. The summed E-state index contributed by atoms with van der Waals surface area (Å²) in [4.78, 5) is 25.3. The van der Waals surface area contributed by atoms with Crippen LogP contribution in [0.4, 0.5) is 0 Å². The molecule has 2 N–H and O–H groups in total. The van der Waals surface area contributed by atoms with Crippen molar-refractivity contribution in [2.45, 2.75) is 26.3 Å². The second-order valence-electron chi connectivity index (χ2n) is 6.20. The Labute approximate surface area is 141 Å². The van der Waals surface area contributed by atoms with E-state index in [1.807, 2.05) is 43.0 Å². The smallest absolute Gasteiger partial charge is 0.308 e. The molecule has 1 saturated heterocycles. The largest absolute Gasteiger partial charge is 0.481 e. The van der Waals surface area contributed by atoms with Gasteiger partial charge in [0.2, 0.25) is 5.91 Å². The molecule has 3 atom stereocenters. The lowest BCUT2D eigenvalue weighted by atomic mass is 9.99. The summed E-state index contributed by atoms with van der Waals surface area (Å²) in [6, 6.07) is 7.39. The van der Waals surface area contributed by atoms with E-state index in [4.69, 9.17) is 16.7 Å². The summed E-state index contributed by atoms with van der Waals surface area (Å²) < 4.78 is 0. The highest BCUT2D eigenvalue weighted by atomic mass is 35.5. The maximum atomic E-state index is 12.3. The molecule has 0 radical (unpaired) electrons. The van der Waals surface area contributed by atoms with Crippen LogP contribution in [0.1, 0.15) is 31.9 Å². The Morgan fingerprint density at radius 2 is 2.00 bits per heavy atom. The Morgan fingerprint density at radius 1 is 1.35 bits per heavy atom. The first-order chi connectivity index (χ1) is 10.9. The highest BCUT2D eigenvalue weighted by molar-refractivity contribution is 6.30. The second-order valence-corrected chi connectivity index (χ2v) is 6.63. The molecule has 1 aromatic rings. The number of carboxylic acids is 1. The second kappa shape index (κ2) is 7.79. The Kier molecular flexibility index (Phi) is 6.02. The molecule has 0 aliphatic carbocycles. The maximum Gasteiger partial charge on any atom is 0.308 e. The Hall–Kier alpha value is -1.59. The lowest BCUT2D eigenvalue weighted by Gasteiger charge is -2.20. The molecule has 0 bridgehead atoms. The van der Waals surface area contributed by atoms with Gasteiger partial charge in [-0.2, -0.15) is 0 Å². The third-order valence-electron chi connectivity index (χ3n) is 4.39. The molecular formula is C17H23ClN2O3. The molecule has 1 unspecified atom stereocenters. The molecule has 1 fully saturated rings. The van der Waals surface area contributed by atoms with E-state index in [0.29, 0.717) is 18.1 Å². The average Bonchev–Trinajstić information content (AvgIpc) is 2.86. The zero-order valence-electron chi connectivity index (χ0n) is 13.5. The Morgan fingerprint density at radius 3 is 2.52 bits per heavy atom. The van der Waals surface area contributed by atoms with E-state index < -0.39 is 5.97 Å². The van der Waals surface area contributed by atoms with Crippen LogP contribution in [0.5, 0.6) is 0 Å². The number of carboxylic acid groups (broad SMARTS) is 1. The summed E-state index contributed by atoms with van der Waals surface area (Å²) in [6.45, 7) is 5.24. The van der Waals surface area contributed by atoms with E-state index in [2.05, 4.69) is 5.32 Å². The van der Waals surface area contributed by atoms with Crippen LogP contribution in [0.15, 0.2) is 24.3 Å². The van der Waals surface area contributed by atoms with Crippen LogP contribution in [0.3, 0.4) is 0 Å². The number of rotatable bonds is 6. The van der Waals surface area contributed by atoms with E-state index >= 15 is 0 Å². The van der Waals surface area contributed by atoms with Crippen LogP contribution in [-0.4, -0.2) is 41.5 Å². The lowest BCUT2D eigenvalue weighted by Crippen LogP contribution is -2.38. The molecular weight excluding hydrogens is 316 g/mol. The SMILES string of the molecule is CCC(NC(=O)CN1C[C@@H](C)[C@H](C(=O)O)C1)c1ccc(Cl)cc1. The maximum absolute atomic E-state index is 12.3. The van der Waals surface area contributed by atoms with Crippen LogP contribution < -0.4 is 5.32 Å². The molecule has 6 heteroatoms. The minimum Gasteiger partial charge on any atom is -0.481 e. The van der Waals surface area contributed by atoms with Crippen molar-refractivity contribution in [3.8, 4) is 0 Å². The number of benzene rings is 1. The third-order valence-corrected chi connectivity index (χ3v) is 4.64. The fourth-order valence-corrected chi connectivity index (χ4v) is 3.20. The zero-order chi connectivity index (χ0) is 17.0. The summed E-state index contributed by atoms with van der Waals surface area (Å²) in [7, 11) is 0. The molecule has 0 spiro atoms. The predicted molar refractivity (Wildman–Crippen MR) is 89.4 cm³/mol. The van der Waals surface area contributed by atoms with Crippen molar-refractivity contribution >= 4 is 23.5 Å². The van der Waals surface area contributed by atoms with Crippen LogP contribution in [0.25, 0.3) is 0 Å². The van der Waals surface area contributed by atoms with Gasteiger partial charge in [-0.05, 0) is 30.0 Å². The number of likely N-dealkylation sites (tertiary alicyclic amines) is 1. The Balaban J connectivity index is 1.91. The molecule has 1 aliphatic heterocycles. The van der Waals surface area contributed by atoms with Gasteiger partial charge < -0.3 is 10.4 Å². The first-order valence-electron chi connectivity index (χ1n) is 7.90. The van der Waals surface area contributed by atoms with Crippen LogP contribution in [0.2, 0.25) is 5.02 Å². The first kappa shape index (κ1) is 17.8. The van der Waals surface area contributed by atoms with Crippen molar-refractivity contribution in [1.82, 2.24) is 10.2 Å². The van der Waals surface area contributed by atoms with E-state index in [0.717, 1.165) is 12.0 Å². The third kappa shape index (κ3) is 4.69. The minimum atomic E-state index is -0.784. The number of hydrogen-bond acceptors (Lipinski definition) is 3. The number of aliphatic carboxylic acids is 1. The number of nitrogens with zero attached hydrogens (tertiary/aromatic N) is 1. The van der Waals surface area contributed by atoms with Gasteiger partial charge in [-0.15, -0.1) is 0 Å². The van der Waals surface area contributed by atoms with Gasteiger partial charge >= 0.3 is 5.97 Å². The van der Waals surface area contributed by atoms with Crippen LogP contribution in [0, 0.1) is 11.8 Å². The van der Waals surface area contributed by atoms with E-state index in [-0.39, 0.29) is 30.3 Å². The molecule has 1 heterocycles. The van der Waals surface area contributed by atoms with Crippen LogP contribution in [-0.2, 0) is 9.59 Å². The highest BCUT2D eigenvalue weighted by Crippen LogP contribution is 2.23. The minimum absolute atomic E-state index is 0.0601. The standard InChI is InChI=1S/C17H23ClN2O3/c1-3-15(12-4-6-13(18)7-5-12)19-16(21)10-20-8-11(2)14(9-20)17(22)23/h4-7,11,14-15H,3,8-10H2,1-2H3,(H,19,21)(H,22,23)/t11-,14-,15?/m1/s1. The van der Waals surface area contributed by atoms with Gasteiger partial charge in [0.05, 0.1) is 18.5 Å². The molecule has 1 aromatic carbocycles. The molecule has 2 rings (SSSR count). The van der Waals surface area contributed by atoms with Gasteiger partial charge in [0.15, 0.2) is 0 Å². The van der Waals surface area contributed by atoms with Crippen molar-refractivity contribution in [2.75, 3.05) is 19.6 Å². The normalized spacial score (nSPS) is 22.7. The fourth-order valence-electron chi connectivity index (χ4n) is 3.08. The predicted octanol–water partition coefficient (Wildman–Crippen LogP) is 2.56. The molecule has 23 heavy (non-hydrogen) atoms. The number of amides is 1. The monoisotopic (exact) mass is 338 g/mol. The molecule has 1 amide bonds.